The van der Waals surface area contributed by atoms with E-state index < -0.39 is 11.9 Å². The van der Waals surface area contributed by atoms with E-state index in [9.17, 15) is 18.8 Å². The van der Waals surface area contributed by atoms with E-state index in [0.717, 1.165) is 0 Å². The Morgan fingerprint density at radius 1 is 1.29 bits per heavy atom. The van der Waals surface area contributed by atoms with Crippen molar-refractivity contribution in [1.82, 2.24) is 0 Å². The lowest BCUT2D eigenvalue weighted by Crippen LogP contribution is -2.30. The molecule has 0 N–H and O–H groups in total. The lowest BCUT2D eigenvalue weighted by atomic mass is 10.1. The topological polar surface area (TPSA) is 76.0 Å². The Morgan fingerprint density at radius 2 is 2.04 bits per heavy atom. The molecule has 2 aliphatic rings. The highest BCUT2D eigenvalue weighted by Gasteiger charge is 2.35. The van der Waals surface area contributed by atoms with E-state index in [1.165, 1.54) is 24.0 Å². The van der Waals surface area contributed by atoms with E-state index in [1.54, 1.807) is 19.1 Å². The van der Waals surface area contributed by atoms with Crippen molar-refractivity contribution < 1.29 is 23.5 Å². The van der Waals surface area contributed by atoms with Gasteiger partial charge in [-0.25, -0.2) is 4.39 Å². The van der Waals surface area contributed by atoms with Gasteiger partial charge < -0.3 is 9.64 Å². The number of amides is 1. The SMILES string of the molecule is C=NC(=CC=C(C)OC1CCN(c2cc(F)c3c(c2)C(=O)CC3)C1=O)C(C)=O. The number of ether oxygens (including phenoxy) is 1. The number of hydrogen-bond donors (Lipinski definition) is 0. The Balaban J connectivity index is 1.74. The van der Waals surface area contributed by atoms with Crippen molar-refractivity contribution in [2.45, 2.75) is 39.2 Å². The smallest absolute Gasteiger partial charge is 0.268 e. The maximum Gasteiger partial charge on any atom is 0.268 e. The van der Waals surface area contributed by atoms with Crippen LogP contribution >= 0.6 is 0 Å². The Labute approximate surface area is 162 Å². The number of Topliss-reactive ketones (excluding diaryl/α,β-unsaturated/α-hetero) is 2. The molecule has 0 bridgehead atoms. The number of anilines is 1. The Bertz CT molecular complexity index is 933. The minimum atomic E-state index is -0.714. The monoisotopic (exact) mass is 384 g/mol. The number of benzene rings is 1. The van der Waals surface area contributed by atoms with Gasteiger partial charge >= 0.3 is 0 Å². The van der Waals surface area contributed by atoms with E-state index in [4.69, 9.17) is 4.74 Å². The van der Waals surface area contributed by atoms with Crippen LogP contribution < -0.4 is 4.90 Å². The number of fused-ring (bicyclic) bond motifs is 1. The van der Waals surface area contributed by atoms with Crippen molar-refractivity contribution >= 4 is 29.9 Å². The van der Waals surface area contributed by atoms with Crippen molar-refractivity contribution in [1.29, 1.82) is 0 Å². The third-order valence-corrected chi connectivity index (χ3v) is 4.89. The molecule has 1 amide bonds. The summed E-state index contributed by atoms with van der Waals surface area (Å²) in [5.41, 5.74) is 1.36. The molecule has 0 saturated carbocycles. The molecule has 7 heteroatoms. The fourth-order valence-electron chi connectivity index (χ4n) is 3.42. The van der Waals surface area contributed by atoms with Gasteiger partial charge in [-0.2, -0.15) is 0 Å². The van der Waals surface area contributed by atoms with Crippen LogP contribution in [0, 0.1) is 5.82 Å². The summed E-state index contributed by atoms with van der Waals surface area (Å²) in [6.07, 6.45) is 3.45. The molecule has 1 aromatic rings. The Hall–Kier alpha value is -3.09. The van der Waals surface area contributed by atoms with E-state index >= 15 is 0 Å². The van der Waals surface area contributed by atoms with E-state index in [-0.39, 0.29) is 23.2 Å². The fourth-order valence-corrected chi connectivity index (χ4v) is 3.42. The summed E-state index contributed by atoms with van der Waals surface area (Å²) in [6, 6.07) is 2.90. The number of allylic oxidation sites excluding steroid dienone is 4. The minimum absolute atomic E-state index is 0.0992. The zero-order valence-electron chi connectivity index (χ0n) is 15.8. The highest BCUT2D eigenvalue weighted by Crippen LogP contribution is 2.32. The van der Waals surface area contributed by atoms with E-state index in [1.807, 2.05) is 0 Å². The van der Waals surface area contributed by atoms with Gasteiger partial charge in [-0.3, -0.25) is 19.4 Å². The van der Waals surface area contributed by atoms with Gasteiger partial charge in [0.25, 0.3) is 5.91 Å². The molecule has 1 aliphatic heterocycles. The number of ketones is 2. The van der Waals surface area contributed by atoms with Crippen LogP contribution in [0.2, 0.25) is 0 Å². The first-order chi connectivity index (χ1) is 13.3. The molecule has 3 rings (SSSR count). The van der Waals surface area contributed by atoms with Gasteiger partial charge in [0.2, 0.25) is 0 Å². The van der Waals surface area contributed by atoms with Crippen LogP contribution in [0.15, 0.2) is 40.7 Å². The second-order valence-corrected chi connectivity index (χ2v) is 6.81. The molecule has 146 valence electrons. The van der Waals surface area contributed by atoms with Crippen LogP contribution in [0.3, 0.4) is 0 Å². The van der Waals surface area contributed by atoms with Gasteiger partial charge in [-0.15, -0.1) is 0 Å². The van der Waals surface area contributed by atoms with Crippen LogP contribution in [0.25, 0.3) is 0 Å². The molecular formula is C21H21FN2O4. The Kier molecular flexibility index (Phi) is 5.53. The van der Waals surface area contributed by atoms with Crippen LogP contribution in [-0.2, 0) is 20.7 Å². The summed E-state index contributed by atoms with van der Waals surface area (Å²) in [4.78, 5) is 41.0. The predicted molar refractivity (Wildman–Crippen MR) is 103 cm³/mol. The van der Waals surface area contributed by atoms with Crippen LogP contribution in [0.5, 0.6) is 0 Å². The average molecular weight is 384 g/mol. The molecule has 1 atom stereocenters. The van der Waals surface area contributed by atoms with Crippen molar-refractivity contribution in [2.75, 3.05) is 11.4 Å². The van der Waals surface area contributed by atoms with Gasteiger partial charge in [-0.05, 0) is 49.9 Å². The van der Waals surface area contributed by atoms with Gasteiger partial charge in [0.05, 0.1) is 5.76 Å². The zero-order valence-corrected chi connectivity index (χ0v) is 15.8. The summed E-state index contributed by atoms with van der Waals surface area (Å²) in [6.45, 7) is 6.74. The first-order valence-electron chi connectivity index (χ1n) is 9.01. The number of nitrogens with zero attached hydrogens (tertiary/aromatic N) is 2. The molecule has 1 aromatic carbocycles. The van der Waals surface area contributed by atoms with Crippen molar-refractivity contribution in [3.63, 3.8) is 0 Å². The van der Waals surface area contributed by atoms with Gasteiger partial charge in [0.15, 0.2) is 17.7 Å². The molecule has 28 heavy (non-hydrogen) atoms. The summed E-state index contributed by atoms with van der Waals surface area (Å²) in [5.74, 6) is -0.633. The van der Waals surface area contributed by atoms with Crippen LogP contribution in [0.4, 0.5) is 10.1 Å². The number of hydrogen-bond acceptors (Lipinski definition) is 5. The number of carbonyl (C=O) groups is 3. The standard InChI is InChI=1S/C21H21FN2O4/c1-12(4-6-18(23-3)13(2)25)28-20-8-9-24(21(20)27)14-10-16-15(17(22)11-14)5-7-19(16)26/h4,6,10-11,20H,3,5,7-9H2,1-2H3. The second-order valence-electron chi connectivity index (χ2n) is 6.81. The lowest BCUT2D eigenvalue weighted by molar-refractivity contribution is -0.125. The molecule has 1 heterocycles. The molecule has 1 unspecified atom stereocenters. The predicted octanol–water partition coefficient (Wildman–Crippen LogP) is 3.15. The first-order valence-corrected chi connectivity index (χ1v) is 9.01. The molecule has 0 aromatic heterocycles. The van der Waals surface area contributed by atoms with Crippen molar-refractivity contribution in [2.24, 2.45) is 4.99 Å². The number of aliphatic imine (C=N–C) groups is 1. The maximum absolute atomic E-state index is 14.3. The number of halogens is 1. The van der Waals surface area contributed by atoms with E-state index in [2.05, 4.69) is 11.7 Å². The third-order valence-electron chi connectivity index (χ3n) is 4.89. The lowest BCUT2D eigenvalue weighted by Gasteiger charge is -2.18. The Morgan fingerprint density at radius 3 is 2.71 bits per heavy atom. The van der Waals surface area contributed by atoms with Crippen molar-refractivity contribution in [3.8, 4) is 0 Å². The van der Waals surface area contributed by atoms with Crippen molar-refractivity contribution in [3.05, 3.63) is 52.7 Å². The highest BCUT2D eigenvalue weighted by molar-refractivity contribution is 6.04. The summed E-state index contributed by atoms with van der Waals surface area (Å²) in [7, 11) is 0. The molecule has 1 fully saturated rings. The third kappa shape index (κ3) is 3.78. The highest BCUT2D eigenvalue weighted by atomic mass is 19.1. The molecule has 0 radical (unpaired) electrons. The van der Waals surface area contributed by atoms with Crippen LogP contribution in [0.1, 0.15) is 42.6 Å². The van der Waals surface area contributed by atoms with Gasteiger partial charge in [0, 0.05) is 37.6 Å². The minimum Gasteiger partial charge on any atom is -0.485 e. The quantitative estimate of drug-likeness (QED) is 0.327. The molecule has 6 nitrogen and oxygen atoms in total. The van der Waals surface area contributed by atoms with Crippen LogP contribution in [-0.4, -0.2) is 36.8 Å². The molecule has 1 aliphatic carbocycles. The van der Waals surface area contributed by atoms with E-state index in [0.29, 0.717) is 48.4 Å². The normalized spacial score (nSPS) is 19.8. The summed E-state index contributed by atoms with van der Waals surface area (Å²) in [5, 5.41) is 0. The average Bonchev–Trinajstić information content (AvgIpc) is 3.19. The second kappa shape index (κ2) is 7.88. The summed E-state index contributed by atoms with van der Waals surface area (Å²) >= 11 is 0. The van der Waals surface area contributed by atoms with Gasteiger partial charge in [0.1, 0.15) is 11.5 Å². The molecular weight excluding hydrogens is 363 g/mol. The van der Waals surface area contributed by atoms with Gasteiger partial charge in [-0.1, -0.05) is 0 Å². The summed E-state index contributed by atoms with van der Waals surface area (Å²) < 4.78 is 20.0. The molecule has 0 spiro atoms. The largest absolute Gasteiger partial charge is 0.485 e. The number of rotatable bonds is 6. The maximum atomic E-state index is 14.3. The molecule has 1 saturated heterocycles. The fraction of sp³-hybridized carbons (Fsp3) is 0.333. The number of carbonyl (C=O) groups excluding carboxylic acids is 3. The zero-order chi connectivity index (χ0) is 20.4. The first kappa shape index (κ1) is 19.7.